The molecule has 2 heterocycles. The number of benzene rings is 1. The van der Waals surface area contributed by atoms with Gasteiger partial charge in [0.15, 0.2) is 0 Å². The first-order valence-electron chi connectivity index (χ1n) is 10.8. The fourth-order valence-corrected chi connectivity index (χ4v) is 4.81. The summed E-state index contributed by atoms with van der Waals surface area (Å²) in [5, 5.41) is 4.69. The average molecular weight is 413 g/mol. The molecule has 1 aromatic heterocycles. The zero-order valence-electron chi connectivity index (χ0n) is 17.4. The molecule has 1 aliphatic carbocycles. The van der Waals surface area contributed by atoms with Gasteiger partial charge in [-0.05, 0) is 68.2 Å². The highest BCUT2D eigenvalue weighted by Crippen LogP contribution is 2.32. The molecule has 0 unspecified atom stereocenters. The molecule has 1 saturated carbocycles. The van der Waals surface area contributed by atoms with Crippen LogP contribution in [0.5, 0.6) is 0 Å². The number of aromatic nitrogens is 2. The second-order valence-electron chi connectivity index (χ2n) is 8.68. The second kappa shape index (κ2) is 8.58. The molecule has 0 saturated heterocycles. The maximum Gasteiger partial charge on any atom is 0.223 e. The van der Waals surface area contributed by atoms with Crippen LogP contribution in [0.3, 0.4) is 0 Å². The van der Waals surface area contributed by atoms with E-state index < -0.39 is 0 Å². The van der Waals surface area contributed by atoms with Gasteiger partial charge >= 0.3 is 0 Å². The molecular weight excluding hydrogens is 383 g/mol. The largest absolute Gasteiger partial charge is 0.369 e. The van der Waals surface area contributed by atoms with E-state index in [1.165, 1.54) is 17.7 Å². The Bertz CT molecular complexity index is 929. The Morgan fingerprint density at radius 1 is 1.17 bits per heavy atom. The van der Waals surface area contributed by atoms with Crippen molar-refractivity contribution in [1.29, 1.82) is 0 Å². The van der Waals surface area contributed by atoms with Gasteiger partial charge in [-0.1, -0.05) is 12.1 Å². The normalized spacial score (nSPS) is 21.3. The van der Waals surface area contributed by atoms with Crippen LogP contribution < -0.4 is 5.73 Å². The Labute approximate surface area is 176 Å². The van der Waals surface area contributed by atoms with Gasteiger partial charge in [0, 0.05) is 18.9 Å². The summed E-state index contributed by atoms with van der Waals surface area (Å²) in [7, 11) is 0. The molecule has 1 aromatic carbocycles. The summed E-state index contributed by atoms with van der Waals surface area (Å²) in [4.78, 5) is 26.3. The summed E-state index contributed by atoms with van der Waals surface area (Å²) in [6.45, 7) is 3.85. The van der Waals surface area contributed by atoms with E-state index in [4.69, 9.17) is 5.73 Å². The van der Waals surface area contributed by atoms with E-state index in [9.17, 15) is 14.0 Å². The van der Waals surface area contributed by atoms with Crippen LogP contribution in [-0.2, 0) is 29.1 Å². The third kappa shape index (κ3) is 4.40. The molecule has 0 spiro atoms. The smallest absolute Gasteiger partial charge is 0.223 e. The second-order valence-corrected chi connectivity index (χ2v) is 8.68. The van der Waals surface area contributed by atoms with Gasteiger partial charge in [0.2, 0.25) is 11.8 Å². The topological polar surface area (TPSA) is 81.2 Å². The van der Waals surface area contributed by atoms with Crippen molar-refractivity contribution >= 4 is 11.8 Å². The molecule has 6 nitrogen and oxygen atoms in total. The lowest BCUT2D eigenvalue weighted by atomic mass is 9.80. The fraction of sp³-hybridized carbons (Fsp3) is 0.522. The SMILES string of the molecule is Cc1nn(Cc2ccc(F)cc2)c2c1CCN(C(=O)CC1CCC(C(N)=O)CC1)C2. The number of nitrogens with two attached hydrogens (primary N) is 1. The summed E-state index contributed by atoms with van der Waals surface area (Å²) in [6.07, 6.45) is 4.71. The first-order chi connectivity index (χ1) is 14.4. The lowest BCUT2D eigenvalue weighted by Gasteiger charge is -2.31. The molecule has 2 aromatic rings. The standard InChI is InChI=1S/C23H29FN4O2/c1-15-20-10-11-27(22(29)12-16-2-6-18(7-3-16)23(25)30)14-21(20)28(26-15)13-17-4-8-19(24)9-5-17/h4-5,8-9,16,18H,2-3,6-7,10-14H2,1H3,(H2,25,30). The zero-order valence-corrected chi connectivity index (χ0v) is 17.4. The van der Waals surface area contributed by atoms with Crippen molar-refractivity contribution in [1.82, 2.24) is 14.7 Å². The van der Waals surface area contributed by atoms with Crippen LogP contribution in [-0.4, -0.2) is 33.0 Å². The van der Waals surface area contributed by atoms with Crippen molar-refractivity contribution < 1.29 is 14.0 Å². The van der Waals surface area contributed by atoms with Gasteiger partial charge < -0.3 is 10.6 Å². The van der Waals surface area contributed by atoms with Crippen LogP contribution in [0.15, 0.2) is 24.3 Å². The number of halogens is 1. The number of primary amides is 1. The molecule has 2 N–H and O–H groups in total. The summed E-state index contributed by atoms with van der Waals surface area (Å²) >= 11 is 0. The molecule has 2 amide bonds. The van der Waals surface area contributed by atoms with Crippen molar-refractivity contribution in [3.8, 4) is 0 Å². The van der Waals surface area contributed by atoms with Crippen molar-refractivity contribution in [3.05, 3.63) is 52.6 Å². The number of amides is 2. The minimum Gasteiger partial charge on any atom is -0.369 e. The predicted molar refractivity (Wildman–Crippen MR) is 111 cm³/mol. The summed E-state index contributed by atoms with van der Waals surface area (Å²) in [5.41, 5.74) is 9.70. The van der Waals surface area contributed by atoms with Gasteiger partial charge in [-0.3, -0.25) is 14.3 Å². The van der Waals surface area contributed by atoms with Crippen molar-refractivity contribution in [2.24, 2.45) is 17.6 Å². The molecule has 0 atom stereocenters. The van der Waals surface area contributed by atoms with Crippen molar-refractivity contribution in [2.75, 3.05) is 6.54 Å². The molecule has 2 aliphatic rings. The molecule has 30 heavy (non-hydrogen) atoms. The maximum absolute atomic E-state index is 13.2. The van der Waals surface area contributed by atoms with E-state index in [0.29, 0.717) is 32.0 Å². The average Bonchev–Trinajstić information content (AvgIpc) is 3.05. The van der Waals surface area contributed by atoms with Crippen LogP contribution in [0.2, 0.25) is 0 Å². The highest BCUT2D eigenvalue weighted by molar-refractivity contribution is 5.77. The van der Waals surface area contributed by atoms with E-state index in [-0.39, 0.29) is 23.5 Å². The zero-order chi connectivity index (χ0) is 21.3. The van der Waals surface area contributed by atoms with Crippen LogP contribution in [0.25, 0.3) is 0 Å². The number of carbonyl (C=O) groups is 2. The van der Waals surface area contributed by atoms with Crippen LogP contribution >= 0.6 is 0 Å². The van der Waals surface area contributed by atoms with Crippen LogP contribution in [0.1, 0.15) is 54.6 Å². The summed E-state index contributed by atoms with van der Waals surface area (Å²) < 4.78 is 15.2. The van der Waals surface area contributed by atoms with E-state index >= 15 is 0 Å². The molecule has 0 radical (unpaired) electrons. The van der Waals surface area contributed by atoms with Gasteiger partial charge in [-0.2, -0.15) is 5.10 Å². The fourth-order valence-electron chi connectivity index (χ4n) is 4.81. The minimum absolute atomic E-state index is 0.0299. The Hall–Kier alpha value is -2.70. The molecule has 160 valence electrons. The number of hydrogen-bond acceptors (Lipinski definition) is 3. The molecule has 0 bridgehead atoms. The van der Waals surface area contributed by atoms with Gasteiger partial charge in [-0.15, -0.1) is 0 Å². The van der Waals surface area contributed by atoms with E-state index in [0.717, 1.165) is 49.1 Å². The van der Waals surface area contributed by atoms with Gasteiger partial charge in [0.05, 0.1) is 24.5 Å². The molecule has 7 heteroatoms. The highest BCUT2D eigenvalue weighted by Gasteiger charge is 2.30. The lowest BCUT2D eigenvalue weighted by Crippen LogP contribution is -2.38. The number of nitrogens with zero attached hydrogens (tertiary/aromatic N) is 3. The number of hydrogen-bond donors (Lipinski definition) is 1. The Balaban J connectivity index is 1.41. The minimum atomic E-state index is -0.251. The number of carbonyl (C=O) groups excluding carboxylic acids is 2. The maximum atomic E-state index is 13.2. The Morgan fingerprint density at radius 3 is 2.53 bits per heavy atom. The van der Waals surface area contributed by atoms with E-state index in [1.807, 2.05) is 16.5 Å². The van der Waals surface area contributed by atoms with E-state index in [2.05, 4.69) is 5.10 Å². The third-order valence-electron chi connectivity index (χ3n) is 6.65. The first kappa shape index (κ1) is 20.6. The third-order valence-corrected chi connectivity index (χ3v) is 6.65. The molecule has 4 rings (SSSR count). The van der Waals surface area contributed by atoms with Crippen LogP contribution in [0.4, 0.5) is 4.39 Å². The molecule has 1 fully saturated rings. The van der Waals surface area contributed by atoms with Crippen molar-refractivity contribution in [2.45, 2.75) is 58.5 Å². The first-order valence-corrected chi connectivity index (χ1v) is 10.8. The van der Waals surface area contributed by atoms with Gasteiger partial charge in [0.1, 0.15) is 5.82 Å². The number of fused-ring (bicyclic) bond motifs is 1. The molecular formula is C23H29FN4O2. The monoisotopic (exact) mass is 412 g/mol. The predicted octanol–water partition coefficient (Wildman–Crippen LogP) is 2.95. The summed E-state index contributed by atoms with van der Waals surface area (Å²) in [6, 6.07) is 6.46. The highest BCUT2D eigenvalue weighted by atomic mass is 19.1. The quantitative estimate of drug-likeness (QED) is 0.820. The number of aryl methyl sites for hydroxylation is 1. The Kier molecular flexibility index (Phi) is 5.88. The van der Waals surface area contributed by atoms with Crippen molar-refractivity contribution in [3.63, 3.8) is 0 Å². The van der Waals surface area contributed by atoms with Crippen LogP contribution in [0, 0.1) is 24.6 Å². The van der Waals surface area contributed by atoms with Gasteiger partial charge in [-0.25, -0.2) is 4.39 Å². The van der Waals surface area contributed by atoms with E-state index in [1.54, 1.807) is 12.1 Å². The van der Waals surface area contributed by atoms with Gasteiger partial charge in [0.25, 0.3) is 0 Å². The summed E-state index contributed by atoms with van der Waals surface area (Å²) in [5.74, 6) is 0.0144. The number of rotatable bonds is 5. The molecule has 1 aliphatic heterocycles. The lowest BCUT2D eigenvalue weighted by molar-refractivity contribution is -0.133. The Morgan fingerprint density at radius 2 is 1.87 bits per heavy atom.